The van der Waals surface area contributed by atoms with Gasteiger partial charge in [0.15, 0.2) is 0 Å². The number of carbonyl (C=O) groups excluding carboxylic acids is 1. The summed E-state index contributed by atoms with van der Waals surface area (Å²) in [6.45, 7) is 2.13. The number of anilines is 1. The van der Waals surface area contributed by atoms with Gasteiger partial charge in [0.1, 0.15) is 11.6 Å². The fourth-order valence-corrected chi connectivity index (χ4v) is 4.29. The Hall–Kier alpha value is -3.22. The van der Waals surface area contributed by atoms with E-state index in [1.165, 1.54) is 12.1 Å². The van der Waals surface area contributed by atoms with E-state index in [9.17, 15) is 9.18 Å². The molecule has 6 nitrogen and oxygen atoms in total. The van der Waals surface area contributed by atoms with E-state index in [4.69, 9.17) is 5.10 Å². The highest BCUT2D eigenvalue weighted by Crippen LogP contribution is 2.37. The molecule has 1 atom stereocenters. The van der Waals surface area contributed by atoms with Crippen molar-refractivity contribution in [1.29, 1.82) is 0 Å². The molecule has 1 N–H and O–H groups in total. The summed E-state index contributed by atoms with van der Waals surface area (Å²) in [5, 5.41) is 8.07. The van der Waals surface area contributed by atoms with Crippen molar-refractivity contribution >= 4 is 11.7 Å². The van der Waals surface area contributed by atoms with Gasteiger partial charge in [-0.3, -0.25) is 9.48 Å². The van der Waals surface area contributed by atoms with Crippen molar-refractivity contribution in [3.63, 3.8) is 0 Å². The maximum atomic E-state index is 13.1. The molecular formula is C24H26FN5O. The Morgan fingerprint density at radius 1 is 1.19 bits per heavy atom. The number of nitrogens with one attached hydrogen (secondary N) is 1. The van der Waals surface area contributed by atoms with Crippen molar-refractivity contribution in [3.8, 4) is 11.1 Å². The van der Waals surface area contributed by atoms with E-state index in [0.29, 0.717) is 12.5 Å². The number of nitrogens with zero attached hydrogens (tertiary/aromatic N) is 4. The van der Waals surface area contributed by atoms with Crippen LogP contribution in [-0.2, 0) is 18.4 Å². The zero-order valence-corrected chi connectivity index (χ0v) is 17.6. The summed E-state index contributed by atoms with van der Waals surface area (Å²) in [6, 6.07) is 10.5. The summed E-state index contributed by atoms with van der Waals surface area (Å²) < 4.78 is 15.0. The Balaban J connectivity index is 1.33. The molecule has 0 spiro atoms. The Morgan fingerprint density at radius 3 is 2.77 bits per heavy atom. The molecule has 2 aliphatic rings. The largest absolute Gasteiger partial charge is 0.366 e. The van der Waals surface area contributed by atoms with Crippen molar-refractivity contribution in [2.75, 3.05) is 18.4 Å². The molecule has 1 aromatic carbocycles. The van der Waals surface area contributed by atoms with Crippen LogP contribution < -0.4 is 5.32 Å². The highest BCUT2D eigenvalue weighted by Gasteiger charge is 2.38. The quantitative estimate of drug-likeness (QED) is 0.657. The normalized spacial score (nSPS) is 18.4. The zero-order valence-electron chi connectivity index (χ0n) is 17.6. The van der Waals surface area contributed by atoms with Crippen LogP contribution in [-0.4, -0.2) is 38.7 Å². The third kappa shape index (κ3) is 4.31. The number of amides is 1. The monoisotopic (exact) mass is 419 g/mol. The molecule has 2 fully saturated rings. The lowest BCUT2D eigenvalue weighted by Gasteiger charge is -2.16. The Morgan fingerprint density at radius 2 is 2.00 bits per heavy atom. The smallest absolute Gasteiger partial charge is 0.225 e. The van der Waals surface area contributed by atoms with Gasteiger partial charge in [-0.25, -0.2) is 9.37 Å². The van der Waals surface area contributed by atoms with Gasteiger partial charge in [-0.2, -0.15) is 5.10 Å². The van der Waals surface area contributed by atoms with Gasteiger partial charge in [-0.1, -0.05) is 12.1 Å². The summed E-state index contributed by atoms with van der Waals surface area (Å²) in [5.74, 6) is 1.35. The van der Waals surface area contributed by atoms with Gasteiger partial charge in [-0.15, -0.1) is 0 Å². The maximum Gasteiger partial charge on any atom is 0.225 e. The number of halogens is 1. The average molecular weight is 420 g/mol. The maximum absolute atomic E-state index is 13.1. The molecule has 0 unspecified atom stereocenters. The lowest BCUT2D eigenvalue weighted by Crippen LogP contribution is -2.29. The van der Waals surface area contributed by atoms with Gasteiger partial charge in [0.05, 0.1) is 5.69 Å². The van der Waals surface area contributed by atoms with Crippen LogP contribution in [0, 0.1) is 11.7 Å². The predicted molar refractivity (Wildman–Crippen MR) is 117 cm³/mol. The lowest BCUT2D eigenvalue weighted by atomic mass is 9.97. The minimum absolute atomic E-state index is 0.239. The zero-order chi connectivity index (χ0) is 21.4. The minimum Gasteiger partial charge on any atom is -0.366 e. The van der Waals surface area contributed by atoms with Crippen molar-refractivity contribution in [2.45, 2.75) is 31.7 Å². The topological polar surface area (TPSA) is 63.1 Å². The van der Waals surface area contributed by atoms with Crippen LogP contribution in [0.5, 0.6) is 0 Å². The third-order valence-electron chi connectivity index (χ3n) is 6.13. The van der Waals surface area contributed by atoms with E-state index in [-0.39, 0.29) is 17.7 Å². The number of benzene rings is 1. The Labute approximate surface area is 181 Å². The molecule has 3 heterocycles. The molecule has 1 aliphatic heterocycles. The fraction of sp³-hybridized carbons (Fsp3) is 0.375. The molecule has 160 valence electrons. The molecule has 3 aromatic rings. The minimum atomic E-state index is -0.239. The van der Waals surface area contributed by atoms with Crippen molar-refractivity contribution in [1.82, 2.24) is 19.7 Å². The van der Waals surface area contributed by atoms with Crippen LogP contribution in [0.15, 0.2) is 48.8 Å². The molecule has 1 saturated carbocycles. The van der Waals surface area contributed by atoms with Gasteiger partial charge in [0.2, 0.25) is 5.91 Å². The second-order valence-corrected chi connectivity index (χ2v) is 8.56. The van der Waals surface area contributed by atoms with Gasteiger partial charge < -0.3 is 10.2 Å². The molecule has 0 radical (unpaired) electrons. The molecule has 7 heteroatoms. The first-order valence-corrected chi connectivity index (χ1v) is 10.8. The summed E-state index contributed by atoms with van der Waals surface area (Å²) in [6.07, 6.45) is 6.86. The van der Waals surface area contributed by atoms with Crippen LogP contribution in [0.2, 0.25) is 0 Å². The van der Waals surface area contributed by atoms with Gasteiger partial charge in [0, 0.05) is 56.5 Å². The number of aromatic nitrogens is 3. The predicted octanol–water partition coefficient (Wildman–Crippen LogP) is 3.96. The molecule has 2 aromatic heterocycles. The Kier molecular flexibility index (Phi) is 5.18. The number of rotatable bonds is 6. The van der Waals surface area contributed by atoms with Crippen LogP contribution >= 0.6 is 0 Å². The fourth-order valence-electron chi connectivity index (χ4n) is 4.29. The number of carbonyl (C=O) groups is 1. The number of likely N-dealkylation sites (tertiary alicyclic amines) is 1. The van der Waals surface area contributed by atoms with E-state index < -0.39 is 0 Å². The number of hydrogen-bond acceptors (Lipinski definition) is 4. The lowest BCUT2D eigenvalue weighted by molar-refractivity contribution is -0.131. The van der Waals surface area contributed by atoms with Crippen molar-refractivity contribution in [3.05, 3.63) is 65.9 Å². The molecule has 31 heavy (non-hydrogen) atoms. The molecule has 0 bridgehead atoms. The summed E-state index contributed by atoms with van der Waals surface area (Å²) in [5.41, 5.74) is 4.17. The van der Waals surface area contributed by atoms with Crippen LogP contribution in [0.4, 0.5) is 10.2 Å². The Bertz CT molecular complexity index is 1090. The van der Waals surface area contributed by atoms with E-state index in [2.05, 4.69) is 10.3 Å². The summed E-state index contributed by atoms with van der Waals surface area (Å²) >= 11 is 0. The average Bonchev–Trinajstić information content (AvgIpc) is 3.38. The second kappa shape index (κ2) is 8.13. The van der Waals surface area contributed by atoms with Gasteiger partial charge >= 0.3 is 0 Å². The SMILES string of the molecule is Cn1cc(-c2ccnc(NCc3ccc(F)cc3)c2)c([C@H]2CCN(C(=O)C3CC3)C2)n1. The van der Waals surface area contributed by atoms with Gasteiger partial charge in [0.25, 0.3) is 0 Å². The molecule has 1 aliphatic carbocycles. The van der Waals surface area contributed by atoms with E-state index in [1.54, 1.807) is 18.3 Å². The number of pyridine rings is 1. The molecular weight excluding hydrogens is 393 g/mol. The molecule has 1 amide bonds. The molecule has 1 saturated heterocycles. The van der Waals surface area contributed by atoms with Gasteiger partial charge in [-0.05, 0) is 54.7 Å². The summed E-state index contributed by atoms with van der Waals surface area (Å²) in [7, 11) is 1.93. The second-order valence-electron chi connectivity index (χ2n) is 8.56. The van der Waals surface area contributed by atoms with Crippen molar-refractivity contribution < 1.29 is 9.18 Å². The van der Waals surface area contributed by atoms with E-state index in [1.807, 2.05) is 35.0 Å². The number of aryl methyl sites for hydroxylation is 1. The van der Waals surface area contributed by atoms with Crippen LogP contribution in [0.3, 0.4) is 0 Å². The highest BCUT2D eigenvalue weighted by molar-refractivity contribution is 5.81. The summed E-state index contributed by atoms with van der Waals surface area (Å²) in [4.78, 5) is 18.9. The van der Waals surface area contributed by atoms with Crippen LogP contribution in [0.1, 0.15) is 36.4 Å². The standard InChI is InChI=1S/C24H26FN5O/c1-29-15-21(23(28-29)19-9-11-30(14-19)24(31)17-4-5-17)18-8-10-26-22(12-18)27-13-16-2-6-20(25)7-3-16/h2-3,6-8,10,12,15,17,19H,4-5,9,11,13-14H2,1H3,(H,26,27)/t19-/m0/s1. The first-order chi connectivity index (χ1) is 15.1. The van der Waals surface area contributed by atoms with Crippen molar-refractivity contribution in [2.24, 2.45) is 13.0 Å². The van der Waals surface area contributed by atoms with E-state index >= 15 is 0 Å². The van der Waals surface area contributed by atoms with Crippen LogP contribution in [0.25, 0.3) is 11.1 Å². The number of hydrogen-bond donors (Lipinski definition) is 1. The first kappa shape index (κ1) is 19.7. The van der Waals surface area contributed by atoms with E-state index in [0.717, 1.165) is 60.6 Å². The highest BCUT2D eigenvalue weighted by atomic mass is 19.1. The molecule has 5 rings (SSSR count). The first-order valence-electron chi connectivity index (χ1n) is 10.8. The third-order valence-corrected chi connectivity index (χ3v) is 6.13.